The number of aromatic nitrogens is 1. The molecule has 32 heavy (non-hydrogen) atoms. The molecule has 4 fully saturated rings. The number of nitrogens with zero attached hydrogens (tertiary/aromatic N) is 2. The number of pyridine rings is 1. The molecule has 3 N–H and O–H groups in total. The molecule has 4 bridgehead atoms. The second-order valence-corrected chi connectivity index (χ2v) is 10.7. The molecule has 6 rings (SSSR count). The number of hydrazone groups is 1. The zero-order valence-electron chi connectivity index (χ0n) is 17.7. The van der Waals surface area contributed by atoms with Gasteiger partial charge < -0.3 is 0 Å². The molecule has 2 aromatic rings. The molecule has 1 aromatic carbocycles. The van der Waals surface area contributed by atoms with Crippen LogP contribution in [0, 0.1) is 23.2 Å². The predicted molar refractivity (Wildman–Crippen MR) is 137 cm³/mol. The van der Waals surface area contributed by atoms with E-state index in [-0.39, 0.29) is 5.41 Å². The lowest BCUT2D eigenvalue weighted by atomic mass is 9.48. The molecule has 4 aliphatic carbocycles. The van der Waals surface area contributed by atoms with Crippen LogP contribution in [-0.2, 0) is 0 Å². The van der Waals surface area contributed by atoms with E-state index in [0.29, 0.717) is 15.1 Å². The molecule has 0 atom stereocenters. The van der Waals surface area contributed by atoms with Gasteiger partial charge in [0.15, 0.2) is 0 Å². The molecular formula is C24H26ClN5S2. The Kier molecular flexibility index (Phi) is 6.14. The fourth-order valence-corrected chi connectivity index (χ4v) is 6.68. The minimum atomic E-state index is 0.0950. The van der Waals surface area contributed by atoms with Gasteiger partial charge in [-0.15, -0.1) is 0 Å². The van der Waals surface area contributed by atoms with Crippen LogP contribution >= 0.6 is 36.0 Å². The first kappa shape index (κ1) is 21.7. The molecular weight excluding hydrogens is 458 g/mol. The molecule has 1 aromatic heterocycles. The topological polar surface area (TPSA) is 61.3 Å². The Hall–Kier alpha value is -2.09. The van der Waals surface area contributed by atoms with Gasteiger partial charge in [0.05, 0.1) is 11.4 Å². The third-order valence-corrected chi connectivity index (χ3v) is 7.90. The van der Waals surface area contributed by atoms with E-state index in [1.807, 2.05) is 30.5 Å². The fourth-order valence-electron chi connectivity index (χ4n) is 6.27. The maximum absolute atomic E-state index is 5.95. The number of thiocarbonyl (C=S) groups is 2. The van der Waals surface area contributed by atoms with E-state index in [1.165, 1.54) is 38.5 Å². The number of nitrogens with one attached hydrogen (secondary N) is 3. The summed E-state index contributed by atoms with van der Waals surface area (Å²) in [5.41, 5.74) is 11.9. The minimum absolute atomic E-state index is 0.0950. The summed E-state index contributed by atoms with van der Waals surface area (Å²) in [6.45, 7) is 0. The molecule has 8 heteroatoms. The minimum Gasteiger partial charge on any atom is -0.288 e. The molecule has 0 unspecified atom stereocenters. The van der Waals surface area contributed by atoms with Crippen LogP contribution in [0.1, 0.15) is 49.8 Å². The second-order valence-electron chi connectivity index (χ2n) is 9.40. The number of rotatable bonds is 4. The summed E-state index contributed by atoms with van der Waals surface area (Å²) >= 11 is 16.8. The number of benzene rings is 1. The lowest BCUT2D eigenvalue weighted by molar-refractivity contribution is -0.0122. The molecule has 0 spiro atoms. The van der Waals surface area contributed by atoms with Crippen LogP contribution in [0.5, 0.6) is 0 Å². The molecule has 0 radical (unpaired) electrons. The van der Waals surface area contributed by atoms with Crippen LogP contribution in [0.25, 0.3) is 0 Å². The SMILES string of the molecule is S=C(N/N=C(\c1ccccn1)C12CC3CC(CC(C3)C1)C2)NNC(=S)c1ccc(Cl)cc1. The van der Waals surface area contributed by atoms with Gasteiger partial charge in [0, 0.05) is 22.2 Å². The van der Waals surface area contributed by atoms with Crippen LogP contribution in [0.15, 0.2) is 53.8 Å². The van der Waals surface area contributed by atoms with E-state index in [4.69, 9.17) is 41.1 Å². The van der Waals surface area contributed by atoms with Gasteiger partial charge in [-0.25, -0.2) is 0 Å². The highest BCUT2D eigenvalue weighted by molar-refractivity contribution is 7.81. The van der Waals surface area contributed by atoms with Crippen molar-refractivity contribution in [1.29, 1.82) is 0 Å². The van der Waals surface area contributed by atoms with Gasteiger partial charge in [0.1, 0.15) is 4.99 Å². The Morgan fingerprint density at radius 2 is 1.59 bits per heavy atom. The Morgan fingerprint density at radius 1 is 0.938 bits per heavy atom. The van der Waals surface area contributed by atoms with Gasteiger partial charge in [0.2, 0.25) is 5.11 Å². The maximum Gasteiger partial charge on any atom is 0.205 e. The predicted octanol–water partition coefficient (Wildman–Crippen LogP) is 5.00. The summed E-state index contributed by atoms with van der Waals surface area (Å²) in [6.07, 6.45) is 9.60. The van der Waals surface area contributed by atoms with Crippen molar-refractivity contribution in [2.75, 3.05) is 0 Å². The van der Waals surface area contributed by atoms with Gasteiger partial charge in [-0.1, -0.05) is 42.0 Å². The molecule has 4 saturated carbocycles. The van der Waals surface area contributed by atoms with E-state index >= 15 is 0 Å². The summed E-state index contributed by atoms with van der Waals surface area (Å²) in [6, 6.07) is 13.4. The smallest absolute Gasteiger partial charge is 0.205 e. The summed E-state index contributed by atoms with van der Waals surface area (Å²) in [5.74, 6) is 2.45. The highest BCUT2D eigenvalue weighted by atomic mass is 35.5. The van der Waals surface area contributed by atoms with E-state index < -0.39 is 0 Å². The van der Waals surface area contributed by atoms with Crippen LogP contribution in [0.4, 0.5) is 0 Å². The summed E-state index contributed by atoms with van der Waals surface area (Å²) in [5, 5.41) is 5.88. The highest BCUT2D eigenvalue weighted by Crippen LogP contribution is 2.61. The van der Waals surface area contributed by atoms with Crippen LogP contribution < -0.4 is 16.3 Å². The van der Waals surface area contributed by atoms with Gasteiger partial charge in [-0.3, -0.25) is 21.3 Å². The number of hydrazine groups is 1. The summed E-state index contributed by atoms with van der Waals surface area (Å²) < 4.78 is 0. The molecule has 0 saturated heterocycles. The average Bonchev–Trinajstić information content (AvgIpc) is 2.78. The monoisotopic (exact) mass is 483 g/mol. The zero-order valence-corrected chi connectivity index (χ0v) is 20.1. The van der Waals surface area contributed by atoms with E-state index in [0.717, 1.165) is 34.7 Å². The van der Waals surface area contributed by atoms with Crippen LogP contribution in [-0.4, -0.2) is 20.8 Å². The van der Waals surface area contributed by atoms with Gasteiger partial charge >= 0.3 is 0 Å². The van der Waals surface area contributed by atoms with Crippen LogP contribution in [0.3, 0.4) is 0 Å². The lowest BCUT2D eigenvalue weighted by Crippen LogP contribution is -2.51. The summed E-state index contributed by atoms with van der Waals surface area (Å²) in [7, 11) is 0. The van der Waals surface area contributed by atoms with Crippen molar-refractivity contribution < 1.29 is 0 Å². The first-order valence-corrected chi connectivity index (χ1v) is 12.3. The van der Waals surface area contributed by atoms with Crippen molar-refractivity contribution in [2.45, 2.75) is 38.5 Å². The largest absolute Gasteiger partial charge is 0.288 e. The van der Waals surface area contributed by atoms with E-state index in [2.05, 4.69) is 27.3 Å². The molecule has 0 amide bonds. The van der Waals surface area contributed by atoms with Crippen molar-refractivity contribution in [3.05, 3.63) is 64.9 Å². The fraction of sp³-hybridized carbons (Fsp3) is 0.417. The average molecular weight is 484 g/mol. The quantitative estimate of drug-likeness (QED) is 0.323. The number of halogens is 1. The first-order valence-electron chi connectivity index (χ1n) is 11.1. The number of hydrogen-bond acceptors (Lipinski definition) is 4. The van der Waals surface area contributed by atoms with E-state index in [1.54, 1.807) is 12.1 Å². The standard InChI is InChI=1S/C24H26ClN5S2/c25-19-6-4-18(5-7-19)22(31)28-30-23(32)29-27-21(20-3-1-2-8-26-20)24-12-15-9-16(13-24)11-17(10-15)14-24/h1-8,15-17H,9-14H2,(H,28,31)(H2,29,30,32)/b27-21+. The third kappa shape index (κ3) is 4.51. The Bertz CT molecular complexity index is 1000. The maximum atomic E-state index is 5.95. The van der Waals surface area contributed by atoms with Crippen molar-refractivity contribution in [3.8, 4) is 0 Å². The third-order valence-electron chi connectivity index (χ3n) is 7.11. The first-order chi connectivity index (χ1) is 15.5. The van der Waals surface area contributed by atoms with Gasteiger partial charge in [0.25, 0.3) is 0 Å². The molecule has 1 heterocycles. The molecule has 5 nitrogen and oxygen atoms in total. The molecule has 166 valence electrons. The van der Waals surface area contributed by atoms with Gasteiger partial charge in [-0.05, 0) is 92.8 Å². The van der Waals surface area contributed by atoms with E-state index in [9.17, 15) is 0 Å². The number of hydrogen-bond donors (Lipinski definition) is 3. The van der Waals surface area contributed by atoms with Crippen LogP contribution in [0.2, 0.25) is 5.02 Å². The van der Waals surface area contributed by atoms with Crippen molar-refractivity contribution >= 4 is 51.8 Å². The Balaban J connectivity index is 1.30. The van der Waals surface area contributed by atoms with Crippen molar-refractivity contribution in [3.63, 3.8) is 0 Å². The molecule has 0 aliphatic heterocycles. The van der Waals surface area contributed by atoms with Crippen molar-refractivity contribution in [1.82, 2.24) is 21.3 Å². The zero-order chi connectivity index (χ0) is 22.1. The highest BCUT2D eigenvalue weighted by Gasteiger charge is 2.53. The van der Waals surface area contributed by atoms with Crippen molar-refractivity contribution in [2.24, 2.45) is 28.3 Å². The van der Waals surface area contributed by atoms with Gasteiger partial charge in [-0.2, -0.15) is 5.10 Å². The lowest BCUT2D eigenvalue weighted by Gasteiger charge is -2.56. The Morgan fingerprint density at radius 3 is 2.19 bits per heavy atom. The second kappa shape index (κ2) is 9.04. The Labute approximate surface area is 204 Å². The normalized spacial score (nSPS) is 28.3. The summed E-state index contributed by atoms with van der Waals surface area (Å²) in [4.78, 5) is 5.18. The molecule has 4 aliphatic rings.